The summed E-state index contributed by atoms with van der Waals surface area (Å²) in [4.78, 5) is 19.4. The minimum absolute atomic E-state index is 0.0727. The first-order chi connectivity index (χ1) is 13.7. The zero-order valence-electron chi connectivity index (χ0n) is 16.2. The van der Waals surface area contributed by atoms with Crippen molar-refractivity contribution in [2.24, 2.45) is 0 Å². The van der Waals surface area contributed by atoms with Gasteiger partial charge >= 0.3 is 0 Å². The van der Waals surface area contributed by atoms with Gasteiger partial charge in [0.15, 0.2) is 0 Å². The number of rotatable bonds is 5. The second-order valence-corrected chi connectivity index (χ2v) is 7.33. The topological polar surface area (TPSA) is 57.3 Å². The van der Waals surface area contributed by atoms with Crippen molar-refractivity contribution in [3.63, 3.8) is 0 Å². The number of pyridine rings is 1. The highest BCUT2D eigenvalue weighted by molar-refractivity contribution is 6.03. The molecule has 1 aliphatic rings. The maximum Gasteiger partial charge on any atom is 0.246 e. The number of hydrogen-bond acceptors (Lipinski definition) is 4. The SMILES string of the molecule is CC(Nc1ccc(N2CCCCC2)cc1)C(=O)Nc1cccc2ncccc12. The summed E-state index contributed by atoms with van der Waals surface area (Å²) in [5.74, 6) is -0.0727. The Labute approximate surface area is 165 Å². The standard InChI is InChI=1S/C23H26N4O/c1-17(23(28)26-22-9-5-8-21-20(22)7-6-14-24-21)25-18-10-12-19(13-11-18)27-15-3-2-4-16-27/h5-14,17,25H,2-4,15-16H2,1H3,(H,26,28). The first-order valence-corrected chi connectivity index (χ1v) is 9.97. The number of hydrogen-bond donors (Lipinski definition) is 2. The molecule has 1 aliphatic heterocycles. The van der Waals surface area contributed by atoms with E-state index < -0.39 is 0 Å². The molecule has 2 heterocycles. The van der Waals surface area contributed by atoms with E-state index in [1.54, 1.807) is 6.20 Å². The van der Waals surface area contributed by atoms with Gasteiger partial charge in [-0.25, -0.2) is 0 Å². The second-order valence-electron chi connectivity index (χ2n) is 7.33. The molecule has 5 heteroatoms. The fourth-order valence-corrected chi connectivity index (χ4v) is 3.69. The molecule has 0 saturated carbocycles. The van der Waals surface area contributed by atoms with Crippen molar-refractivity contribution in [2.45, 2.75) is 32.2 Å². The highest BCUT2D eigenvalue weighted by atomic mass is 16.2. The highest BCUT2D eigenvalue weighted by Crippen LogP contribution is 2.23. The van der Waals surface area contributed by atoms with Gasteiger partial charge in [-0.3, -0.25) is 9.78 Å². The molecular weight excluding hydrogens is 348 g/mol. The molecule has 2 aromatic carbocycles. The number of carbonyl (C=O) groups excluding carboxylic acids is 1. The van der Waals surface area contributed by atoms with Crippen LogP contribution in [0.25, 0.3) is 10.9 Å². The predicted molar refractivity (Wildman–Crippen MR) is 116 cm³/mol. The van der Waals surface area contributed by atoms with Crippen molar-refractivity contribution in [2.75, 3.05) is 28.6 Å². The van der Waals surface area contributed by atoms with Gasteiger partial charge < -0.3 is 15.5 Å². The van der Waals surface area contributed by atoms with E-state index in [1.807, 2.05) is 37.3 Å². The Balaban J connectivity index is 1.40. The van der Waals surface area contributed by atoms with Gasteiger partial charge in [0, 0.05) is 36.0 Å². The molecule has 1 saturated heterocycles. The summed E-state index contributed by atoms with van der Waals surface area (Å²) in [5, 5.41) is 7.25. The van der Waals surface area contributed by atoms with Gasteiger partial charge in [0.25, 0.3) is 0 Å². The third-order valence-electron chi connectivity index (χ3n) is 5.27. The zero-order chi connectivity index (χ0) is 19.3. The molecule has 1 atom stereocenters. The Morgan fingerprint density at radius 3 is 2.57 bits per heavy atom. The maximum absolute atomic E-state index is 12.7. The van der Waals surface area contributed by atoms with E-state index in [9.17, 15) is 4.79 Å². The highest BCUT2D eigenvalue weighted by Gasteiger charge is 2.15. The minimum atomic E-state index is -0.354. The van der Waals surface area contributed by atoms with Gasteiger partial charge in [0.05, 0.1) is 11.2 Å². The van der Waals surface area contributed by atoms with Crippen LogP contribution in [0.4, 0.5) is 17.1 Å². The molecule has 3 aromatic rings. The average molecular weight is 374 g/mol. The molecule has 2 N–H and O–H groups in total. The van der Waals surface area contributed by atoms with Gasteiger partial charge in [0.2, 0.25) is 5.91 Å². The van der Waals surface area contributed by atoms with Crippen LogP contribution in [0, 0.1) is 0 Å². The first-order valence-electron chi connectivity index (χ1n) is 9.97. The second kappa shape index (κ2) is 8.30. The first kappa shape index (κ1) is 18.3. The third kappa shape index (κ3) is 4.09. The van der Waals surface area contributed by atoms with Crippen LogP contribution in [-0.4, -0.2) is 30.0 Å². The lowest BCUT2D eigenvalue weighted by Crippen LogP contribution is -2.32. The third-order valence-corrected chi connectivity index (χ3v) is 5.27. The zero-order valence-corrected chi connectivity index (χ0v) is 16.2. The monoisotopic (exact) mass is 374 g/mol. The molecule has 0 bridgehead atoms. The summed E-state index contributed by atoms with van der Waals surface area (Å²) in [6.45, 7) is 4.13. The summed E-state index contributed by atoms with van der Waals surface area (Å²) in [6, 6.07) is 17.6. The van der Waals surface area contributed by atoms with E-state index in [0.717, 1.165) is 35.4 Å². The molecule has 28 heavy (non-hydrogen) atoms. The van der Waals surface area contributed by atoms with Crippen molar-refractivity contribution in [1.82, 2.24) is 4.98 Å². The average Bonchev–Trinajstić information content (AvgIpc) is 2.75. The van der Waals surface area contributed by atoms with Crippen molar-refractivity contribution in [3.8, 4) is 0 Å². The number of nitrogens with one attached hydrogen (secondary N) is 2. The van der Waals surface area contributed by atoms with E-state index in [2.05, 4.69) is 44.8 Å². The molecule has 0 radical (unpaired) electrons. The van der Waals surface area contributed by atoms with Crippen LogP contribution in [-0.2, 0) is 4.79 Å². The van der Waals surface area contributed by atoms with Gasteiger partial charge in [-0.2, -0.15) is 0 Å². The fraction of sp³-hybridized carbons (Fsp3) is 0.304. The molecule has 5 nitrogen and oxygen atoms in total. The number of nitrogens with zero attached hydrogens (tertiary/aromatic N) is 2. The van der Waals surface area contributed by atoms with E-state index >= 15 is 0 Å². The Hall–Kier alpha value is -3.08. The molecule has 0 aliphatic carbocycles. The van der Waals surface area contributed by atoms with E-state index in [4.69, 9.17) is 0 Å². The van der Waals surface area contributed by atoms with Crippen LogP contribution >= 0.6 is 0 Å². The lowest BCUT2D eigenvalue weighted by molar-refractivity contribution is -0.116. The summed E-state index contributed by atoms with van der Waals surface area (Å²) in [7, 11) is 0. The predicted octanol–water partition coefficient (Wildman–Crippen LogP) is 4.66. The summed E-state index contributed by atoms with van der Waals surface area (Å²) in [6.07, 6.45) is 5.61. The van der Waals surface area contributed by atoms with Gasteiger partial charge in [-0.1, -0.05) is 6.07 Å². The minimum Gasteiger partial charge on any atom is -0.374 e. The van der Waals surface area contributed by atoms with Gasteiger partial charge in [-0.05, 0) is 74.7 Å². The maximum atomic E-state index is 12.7. The normalized spacial score (nSPS) is 15.2. The van der Waals surface area contributed by atoms with Crippen LogP contribution in [0.3, 0.4) is 0 Å². The number of anilines is 3. The van der Waals surface area contributed by atoms with E-state index in [1.165, 1.54) is 24.9 Å². The van der Waals surface area contributed by atoms with Crippen LogP contribution in [0.2, 0.25) is 0 Å². The van der Waals surface area contributed by atoms with Crippen LogP contribution < -0.4 is 15.5 Å². The van der Waals surface area contributed by atoms with E-state index in [0.29, 0.717) is 0 Å². The molecular formula is C23H26N4O. The molecule has 1 amide bonds. The number of amides is 1. The Morgan fingerprint density at radius 1 is 1.00 bits per heavy atom. The lowest BCUT2D eigenvalue weighted by atomic mass is 10.1. The summed E-state index contributed by atoms with van der Waals surface area (Å²) < 4.78 is 0. The number of piperidine rings is 1. The van der Waals surface area contributed by atoms with Crippen LogP contribution in [0.5, 0.6) is 0 Å². The van der Waals surface area contributed by atoms with Crippen molar-refractivity contribution < 1.29 is 4.79 Å². The van der Waals surface area contributed by atoms with Gasteiger partial charge in [0.1, 0.15) is 6.04 Å². The number of fused-ring (bicyclic) bond motifs is 1. The molecule has 1 aromatic heterocycles. The fourth-order valence-electron chi connectivity index (χ4n) is 3.69. The molecule has 1 unspecified atom stereocenters. The lowest BCUT2D eigenvalue weighted by Gasteiger charge is -2.29. The smallest absolute Gasteiger partial charge is 0.246 e. The van der Waals surface area contributed by atoms with Crippen LogP contribution in [0.1, 0.15) is 26.2 Å². The van der Waals surface area contributed by atoms with Crippen molar-refractivity contribution in [1.29, 1.82) is 0 Å². The number of carbonyl (C=O) groups is 1. The van der Waals surface area contributed by atoms with E-state index in [-0.39, 0.29) is 11.9 Å². The molecule has 4 rings (SSSR count). The van der Waals surface area contributed by atoms with Crippen molar-refractivity contribution in [3.05, 3.63) is 60.8 Å². The largest absolute Gasteiger partial charge is 0.374 e. The van der Waals surface area contributed by atoms with Gasteiger partial charge in [-0.15, -0.1) is 0 Å². The Morgan fingerprint density at radius 2 is 1.79 bits per heavy atom. The number of aromatic nitrogens is 1. The molecule has 0 spiro atoms. The van der Waals surface area contributed by atoms with Crippen LogP contribution in [0.15, 0.2) is 60.8 Å². The van der Waals surface area contributed by atoms with Crippen molar-refractivity contribution >= 4 is 33.9 Å². The summed E-state index contributed by atoms with van der Waals surface area (Å²) >= 11 is 0. The molecule has 1 fully saturated rings. The molecule has 144 valence electrons. The Bertz CT molecular complexity index is 943. The quantitative estimate of drug-likeness (QED) is 0.682. The Kier molecular flexibility index (Phi) is 5.42. The summed E-state index contributed by atoms with van der Waals surface area (Å²) in [5.41, 5.74) is 3.85. The number of benzene rings is 2.